The standard InChI is InChI=1S/C13H18N4OS/c1-9(2)11(5-17-8-14-7-15-17)16-13(18)12-4-10(3)6-19-12/h4,6-9,11H,5H2,1-3H3,(H,16,18)/t11-/m1/s1. The predicted octanol–water partition coefficient (Wildman–Crippen LogP) is 2.10. The lowest BCUT2D eigenvalue weighted by Gasteiger charge is -2.21. The van der Waals surface area contributed by atoms with Crippen molar-refractivity contribution < 1.29 is 4.79 Å². The van der Waals surface area contributed by atoms with Crippen molar-refractivity contribution in [3.05, 3.63) is 34.5 Å². The van der Waals surface area contributed by atoms with Gasteiger partial charge < -0.3 is 5.32 Å². The summed E-state index contributed by atoms with van der Waals surface area (Å²) in [6, 6.07) is 1.95. The van der Waals surface area contributed by atoms with Gasteiger partial charge in [0.1, 0.15) is 12.7 Å². The summed E-state index contributed by atoms with van der Waals surface area (Å²) in [6.45, 7) is 6.79. The van der Waals surface area contributed by atoms with E-state index >= 15 is 0 Å². The second-order valence-electron chi connectivity index (χ2n) is 4.93. The quantitative estimate of drug-likeness (QED) is 0.911. The van der Waals surface area contributed by atoms with E-state index in [1.165, 1.54) is 17.7 Å². The molecule has 0 aliphatic heterocycles. The molecule has 6 heteroatoms. The van der Waals surface area contributed by atoms with Crippen molar-refractivity contribution in [3.63, 3.8) is 0 Å². The minimum Gasteiger partial charge on any atom is -0.346 e. The lowest BCUT2D eigenvalue weighted by Crippen LogP contribution is -2.41. The molecule has 2 aromatic heterocycles. The Hall–Kier alpha value is -1.69. The molecule has 0 saturated heterocycles. The third kappa shape index (κ3) is 3.64. The molecule has 2 heterocycles. The molecular formula is C13H18N4OS. The maximum absolute atomic E-state index is 12.2. The number of carbonyl (C=O) groups excluding carboxylic acids is 1. The first-order valence-electron chi connectivity index (χ1n) is 6.24. The van der Waals surface area contributed by atoms with E-state index in [0.29, 0.717) is 12.5 Å². The van der Waals surface area contributed by atoms with Crippen LogP contribution in [0.3, 0.4) is 0 Å². The van der Waals surface area contributed by atoms with Gasteiger partial charge in [0.2, 0.25) is 0 Å². The number of carbonyl (C=O) groups is 1. The fourth-order valence-corrected chi connectivity index (χ4v) is 2.54. The molecular weight excluding hydrogens is 260 g/mol. The molecule has 0 spiro atoms. The minimum atomic E-state index is -0.0167. The van der Waals surface area contributed by atoms with E-state index in [1.807, 2.05) is 18.4 Å². The van der Waals surface area contributed by atoms with Crippen LogP contribution in [0.15, 0.2) is 24.1 Å². The van der Waals surface area contributed by atoms with Crippen molar-refractivity contribution in [3.8, 4) is 0 Å². The Bertz CT molecular complexity index is 533. The topological polar surface area (TPSA) is 59.8 Å². The first kappa shape index (κ1) is 13.7. The van der Waals surface area contributed by atoms with Crippen molar-refractivity contribution in [1.29, 1.82) is 0 Å². The molecule has 1 N–H and O–H groups in total. The van der Waals surface area contributed by atoms with Crippen LogP contribution in [-0.4, -0.2) is 26.7 Å². The summed E-state index contributed by atoms with van der Waals surface area (Å²) in [7, 11) is 0. The number of hydrogen-bond donors (Lipinski definition) is 1. The van der Waals surface area contributed by atoms with E-state index in [1.54, 1.807) is 11.0 Å². The number of nitrogens with zero attached hydrogens (tertiary/aromatic N) is 3. The second kappa shape index (κ2) is 5.97. The van der Waals surface area contributed by atoms with Crippen LogP contribution in [-0.2, 0) is 6.54 Å². The van der Waals surface area contributed by atoms with Crippen LogP contribution in [0.4, 0.5) is 0 Å². The van der Waals surface area contributed by atoms with Crippen LogP contribution in [0.2, 0.25) is 0 Å². The number of hydrogen-bond acceptors (Lipinski definition) is 4. The summed E-state index contributed by atoms with van der Waals surface area (Å²) < 4.78 is 1.74. The highest BCUT2D eigenvalue weighted by Gasteiger charge is 2.18. The Morgan fingerprint density at radius 1 is 1.53 bits per heavy atom. The summed E-state index contributed by atoms with van der Waals surface area (Å²) >= 11 is 1.47. The van der Waals surface area contributed by atoms with Crippen LogP contribution in [0.1, 0.15) is 29.1 Å². The Kier molecular flexibility index (Phi) is 4.31. The molecule has 0 aliphatic carbocycles. The molecule has 5 nitrogen and oxygen atoms in total. The monoisotopic (exact) mass is 278 g/mol. The van der Waals surface area contributed by atoms with E-state index < -0.39 is 0 Å². The highest BCUT2D eigenvalue weighted by molar-refractivity contribution is 7.12. The van der Waals surface area contributed by atoms with Crippen LogP contribution < -0.4 is 5.32 Å². The SMILES string of the molecule is Cc1csc(C(=O)N[C@H](Cn2cncn2)C(C)C)c1. The number of amides is 1. The summed E-state index contributed by atoms with van der Waals surface area (Å²) in [4.78, 5) is 16.8. The van der Waals surface area contributed by atoms with Crippen molar-refractivity contribution in [1.82, 2.24) is 20.1 Å². The largest absolute Gasteiger partial charge is 0.346 e. The first-order valence-corrected chi connectivity index (χ1v) is 7.12. The van der Waals surface area contributed by atoms with Crippen LogP contribution in [0.25, 0.3) is 0 Å². The Morgan fingerprint density at radius 3 is 2.84 bits per heavy atom. The molecule has 0 fully saturated rings. The highest BCUT2D eigenvalue weighted by atomic mass is 32.1. The van der Waals surface area contributed by atoms with Gasteiger partial charge in [-0.15, -0.1) is 11.3 Å². The number of thiophene rings is 1. The fraction of sp³-hybridized carbons (Fsp3) is 0.462. The van der Waals surface area contributed by atoms with Gasteiger partial charge in [-0.2, -0.15) is 5.10 Å². The third-order valence-corrected chi connectivity index (χ3v) is 3.97. The van der Waals surface area contributed by atoms with E-state index in [9.17, 15) is 4.79 Å². The molecule has 102 valence electrons. The van der Waals surface area contributed by atoms with Gasteiger partial charge >= 0.3 is 0 Å². The zero-order chi connectivity index (χ0) is 13.8. The van der Waals surface area contributed by atoms with Crippen LogP contribution >= 0.6 is 11.3 Å². The zero-order valence-corrected chi connectivity index (χ0v) is 12.1. The minimum absolute atomic E-state index is 0.0167. The van der Waals surface area contributed by atoms with Gasteiger partial charge in [-0.25, -0.2) is 4.98 Å². The van der Waals surface area contributed by atoms with Gasteiger partial charge in [-0.05, 0) is 29.9 Å². The molecule has 1 atom stereocenters. The zero-order valence-electron chi connectivity index (χ0n) is 11.3. The second-order valence-corrected chi connectivity index (χ2v) is 5.84. The van der Waals surface area contributed by atoms with Gasteiger partial charge in [0.05, 0.1) is 17.5 Å². The molecule has 2 aromatic rings. The molecule has 1 amide bonds. The Balaban J connectivity index is 2.02. The average molecular weight is 278 g/mol. The maximum atomic E-state index is 12.2. The number of nitrogens with one attached hydrogen (secondary N) is 1. The van der Waals surface area contributed by atoms with Crippen molar-refractivity contribution in [2.75, 3.05) is 0 Å². The van der Waals surface area contributed by atoms with Gasteiger partial charge in [-0.1, -0.05) is 13.8 Å². The van der Waals surface area contributed by atoms with Gasteiger partial charge in [0.15, 0.2) is 0 Å². The fourth-order valence-electron chi connectivity index (χ4n) is 1.74. The molecule has 0 bridgehead atoms. The van der Waals surface area contributed by atoms with Gasteiger partial charge in [0.25, 0.3) is 5.91 Å². The summed E-state index contributed by atoms with van der Waals surface area (Å²) in [6.07, 6.45) is 3.17. The number of rotatable bonds is 5. The molecule has 0 radical (unpaired) electrons. The molecule has 0 unspecified atom stereocenters. The van der Waals surface area contributed by atoms with E-state index in [2.05, 4.69) is 29.2 Å². The summed E-state index contributed by atoms with van der Waals surface area (Å²) in [5.41, 5.74) is 1.12. The first-order chi connectivity index (χ1) is 9.06. The average Bonchev–Trinajstić information content (AvgIpc) is 2.99. The summed E-state index contributed by atoms with van der Waals surface area (Å²) in [5.74, 6) is 0.311. The summed E-state index contributed by atoms with van der Waals surface area (Å²) in [5, 5.41) is 9.13. The van der Waals surface area contributed by atoms with Crippen LogP contribution in [0.5, 0.6) is 0 Å². The van der Waals surface area contributed by atoms with Gasteiger partial charge in [-0.3, -0.25) is 9.48 Å². The van der Waals surface area contributed by atoms with Crippen molar-refractivity contribution in [2.24, 2.45) is 5.92 Å². The van der Waals surface area contributed by atoms with Crippen LogP contribution in [0, 0.1) is 12.8 Å². The van der Waals surface area contributed by atoms with E-state index in [-0.39, 0.29) is 11.9 Å². The van der Waals surface area contributed by atoms with E-state index in [4.69, 9.17) is 0 Å². The van der Waals surface area contributed by atoms with E-state index in [0.717, 1.165) is 10.4 Å². The lowest BCUT2D eigenvalue weighted by atomic mass is 10.0. The molecule has 2 rings (SSSR count). The van der Waals surface area contributed by atoms with Crippen molar-refractivity contribution >= 4 is 17.2 Å². The Labute approximate surface area is 116 Å². The number of aromatic nitrogens is 3. The highest BCUT2D eigenvalue weighted by Crippen LogP contribution is 2.14. The molecule has 0 aromatic carbocycles. The molecule has 19 heavy (non-hydrogen) atoms. The normalized spacial score (nSPS) is 12.6. The smallest absolute Gasteiger partial charge is 0.261 e. The lowest BCUT2D eigenvalue weighted by molar-refractivity contribution is 0.0923. The number of aryl methyl sites for hydroxylation is 1. The molecule has 0 aliphatic rings. The maximum Gasteiger partial charge on any atom is 0.261 e. The van der Waals surface area contributed by atoms with Crippen molar-refractivity contribution in [2.45, 2.75) is 33.4 Å². The van der Waals surface area contributed by atoms with Gasteiger partial charge in [0, 0.05) is 0 Å². The Morgan fingerprint density at radius 2 is 2.32 bits per heavy atom. The molecule has 0 saturated carbocycles. The predicted molar refractivity (Wildman–Crippen MR) is 75.2 cm³/mol. The third-order valence-electron chi connectivity index (χ3n) is 2.93.